The van der Waals surface area contributed by atoms with E-state index >= 15 is 0 Å². The van der Waals surface area contributed by atoms with Gasteiger partial charge in [0, 0.05) is 38.3 Å². The van der Waals surface area contributed by atoms with Crippen LogP contribution in [0.2, 0.25) is 0 Å². The van der Waals surface area contributed by atoms with Gasteiger partial charge in [-0.25, -0.2) is 0 Å². The predicted molar refractivity (Wildman–Crippen MR) is 109 cm³/mol. The Morgan fingerprint density at radius 3 is 2.69 bits per heavy atom. The molecule has 1 aromatic rings. The third-order valence-corrected chi connectivity index (χ3v) is 7.09. The molecule has 0 spiro atoms. The Kier molecular flexibility index (Phi) is 5.65. The van der Waals surface area contributed by atoms with Crippen molar-refractivity contribution in [2.75, 3.05) is 43.1 Å². The molecule has 4 aliphatic rings. The van der Waals surface area contributed by atoms with Gasteiger partial charge in [-0.05, 0) is 37.5 Å². The molecule has 1 aliphatic carbocycles. The molecule has 5 rings (SSSR count). The highest BCUT2D eigenvalue weighted by Crippen LogP contribution is 2.48. The zero-order chi connectivity index (χ0) is 22.5. The summed E-state index contributed by atoms with van der Waals surface area (Å²) in [7, 11) is 0. The zero-order valence-electron chi connectivity index (χ0n) is 17.6. The highest BCUT2D eigenvalue weighted by atomic mass is 19.4. The number of hydrogen-bond donors (Lipinski definition) is 1. The van der Waals surface area contributed by atoms with Crippen LogP contribution in [0.3, 0.4) is 0 Å². The van der Waals surface area contributed by atoms with E-state index in [2.05, 4.69) is 10.3 Å². The molecule has 4 heterocycles. The number of rotatable bonds is 6. The number of halogens is 3. The fourth-order valence-electron chi connectivity index (χ4n) is 5.10. The minimum atomic E-state index is -4.54. The van der Waals surface area contributed by atoms with E-state index in [-0.39, 0.29) is 42.5 Å². The van der Waals surface area contributed by atoms with Crippen molar-refractivity contribution in [1.82, 2.24) is 9.55 Å². The van der Waals surface area contributed by atoms with Crippen molar-refractivity contribution in [3.05, 3.63) is 16.4 Å². The first kappa shape index (κ1) is 21.7. The summed E-state index contributed by atoms with van der Waals surface area (Å²) in [4.78, 5) is 30.9. The molecule has 32 heavy (non-hydrogen) atoms. The molecule has 4 atom stereocenters. The van der Waals surface area contributed by atoms with Gasteiger partial charge in [-0.15, -0.1) is 0 Å². The van der Waals surface area contributed by atoms with Crippen LogP contribution in [0.1, 0.15) is 25.7 Å². The number of nitrogens with one attached hydrogen (secondary N) is 1. The van der Waals surface area contributed by atoms with Crippen molar-refractivity contribution in [3.8, 4) is 0 Å². The Morgan fingerprint density at radius 1 is 1.25 bits per heavy atom. The number of carbonyl (C=O) groups is 1. The maximum Gasteiger partial charge on any atom is 0.408 e. The summed E-state index contributed by atoms with van der Waals surface area (Å²) >= 11 is 0. The fourth-order valence-corrected chi connectivity index (χ4v) is 5.10. The molecule has 0 amide bonds. The minimum absolute atomic E-state index is 0.0229. The monoisotopic (exact) mass is 456 g/mol. The number of nitrogens with zero attached hydrogens (tertiary/aromatic N) is 3. The van der Waals surface area contributed by atoms with E-state index in [0.717, 1.165) is 17.9 Å². The SMILES string of the molecule is O=C(CN1c2nc(NC[C@H]3OC[C@@H]4CC43)cc(=O)n2CC[C@H]1C(F)(F)F)C1CCOCC1. The molecule has 11 heteroatoms. The van der Waals surface area contributed by atoms with Gasteiger partial charge in [-0.1, -0.05) is 0 Å². The van der Waals surface area contributed by atoms with Gasteiger partial charge in [-0.3, -0.25) is 14.2 Å². The molecule has 2 saturated heterocycles. The molecular weight excluding hydrogens is 429 g/mol. The van der Waals surface area contributed by atoms with Crippen LogP contribution in [0.4, 0.5) is 24.9 Å². The minimum Gasteiger partial charge on any atom is -0.381 e. The lowest BCUT2D eigenvalue weighted by atomic mass is 9.94. The average molecular weight is 456 g/mol. The van der Waals surface area contributed by atoms with Crippen LogP contribution in [0, 0.1) is 17.8 Å². The molecule has 1 saturated carbocycles. The number of carbonyl (C=O) groups excluding carboxylic acids is 1. The average Bonchev–Trinajstić information content (AvgIpc) is 3.44. The van der Waals surface area contributed by atoms with Gasteiger partial charge in [0.05, 0.1) is 19.3 Å². The van der Waals surface area contributed by atoms with Crippen molar-refractivity contribution < 1.29 is 27.4 Å². The highest BCUT2D eigenvalue weighted by Gasteiger charge is 2.49. The van der Waals surface area contributed by atoms with E-state index in [4.69, 9.17) is 9.47 Å². The normalized spacial score (nSPS) is 30.0. The molecule has 0 radical (unpaired) electrons. The van der Waals surface area contributed by atoms with Gasteiger partial charge in [0.2, 0.25) is 5.95 Å². The van der Waals surface area contributed by atoms with Crippen molar-refractivity contribution in [2.24, 2.45) is 17.8 Å². The molecule has 1 aromatic heterocycles. The number of ether oxygens (including phenoxy) is 2. The molecule has 8 nitrogen and oxygen atoms in total. The third-order valence-electron chi connectivity index (χ3n) is 7.09. The van der Waals surface area contributed by atoms with Crippen molar-refractivity contribution in [3.63, 3.8) is 0 Å². The summed E-state index contributed by atoms with van der Waals surface area (Å²) in [6, 6.07) is -0.561. The predicted octanol–water partition coefficient (Wildman–Crippen LogP) is 1.83. The van der Waals surface area contributed by atoms with Gasteiger partial charge in [0.15, 0.2) is 5.78 Å². The van der Waals surface area contributed by atoms with Gasteiger partial charge in [0.1, 0.15) is 11.9 Å². The van der Waals surface area contributed by atoms with Crippen LogP contribution in [0.15, 0.2) is 10.9 Å². The van der Waals surface area contributed by atoms with E-state index in [1.165, 1.54) is 10.6 Å². The molecule has 3 aliphatic heterocycles. The van der Waals surface area contributed by atoms with E-state index in [1.54, 1.807) is 0 Å². The number of anilines is 2. The third kappa shape index (κ3) is 4.24. The van der Waals surface area contributed by atoms with Crippen LogP contribution in [-0.4, -0.2) is 66.6 Å². The summed E-state index contributed by atoms with van der Waals surface area (Å²) in [6.07, 6.45) is -2.70. The smallest absolute Gasteiger partial charge is 0.381 e. The first-order valence-electron chi connectivity index (χ1n) is 11.2. The van der Waals surface area contributed by atoms with Crippen LogP contribution in [0.5, 0.6) is 0 Å². The topological polar surface area (TPSA) is 85.7 Å². The summed E-state index contributed by atoms with van der Waals surface area (Å²) in [5, 5.41) is 3.07. The number of fused-ring (bicyclic) bond motifs is 2. The van der Waals surface area contributed by atoms with Crippen molar-refractivity contribution in [1.29, 1.82) is 0 Å². The maximum absolute atomic E-state index is 13.9. The summed E-state index contributed by atoms with van der Waals surface area (Å²) in [5.74, 6) is 0.591. The van der Waals surface area contributed by atoms with E-state index in [9.17, 15) is 22.8 Å². The molecule has 0 bridgehead atoms. The van der Waals surface area contributed by atoms with Crippen LogP contribution in [-0.2, 0) is 20.8 Å². The van der Waals surface area contributed by atoms with E-state index in [1.807, 2.05) is 0 Å². The largest absolute Gasteiger partial charge is 0.408 e. The van der Waals surface area contributed by atoms with Gasteiger partial charge in [-0.2, -0.15) is 18.2 Å². The number of hydrogen-bond acceptors (Lipinski definition) is 7. The van der Waals surface area contributed by atoms with E-state index in [0.29, 0.717) is 44.4 Å². The van der Waals surface area contributed by atoms with E-state index < -0.39 is 24.3 Å². The lowest BCUT2D eigenvalue weighted by Gasteiger charge is -2.39. The molecule has 1 N–H and O–H groups in total. The lowest BCUT2D eigenvalue weighted by molar-refractivity contribution is -0.153. The maximum atomic E-state index is 13.9. The Hall–Kier alpha value is -2.14. The van der Waals surface area contributed by atoms with Gasteiger partial charge in [0.25, 0.3) is 5.56 Å². The number of aromatic nitrogens is 2. The Balaban J connectivity index is 1.40. The first-order valence-corrected chi connectivity index (χ1v) is 11.2. The Bertz CT molecular complexity index is 931. The molecule has 0 aromatic carbocycles. The van der Waals surface area contributed by atoms with Crippen LogP contribution < -0.4 is 15.8 Å². The summed E-state index contributed by atoms with van der Waals surface area (Å²) in [6.45, 7) is 1.50. The van der Waals surface area contributed by atoms with Crippen molar-refractivity contribution >= 4 is 17.5 Å². The number of Topliss-reactive ketones (excluding diaryl/α,β-unsaturated/α-hetero) is 1. The second kappa shape index (κ2) is 8.33. The van der Waals surface area contributed by atoms with Gasteiger partial charge < -0.3 is 19.7 Å². The standard InChI is InChI=1S/C21H27F3N4O4/c22-21(23,24)17-1-4-27-19(30)8-18(25-9-16-14-7-13(14)11-32-16)26-20(27)28(17)10-15(29)12-2-5-31-6-3-12/h8,12-14,16-17,25H,1-7,9-11H2/t13-,14?,16+,17-/m0/s1. The molecule has 1 unspecified atom stereocenters. The Labute approximate surface area is 183 Å². The van der Waals surface area contributed by atoms with Crippen LogP contribution in [0.25, 0.3) is 0 Å². The van der Waals surface area contributed by atoms with Crippen molar-refractivity contribution in [2.45, 2.75) is 50.6 Å². The number of alkyl halides is 3. The highest BCUT2D eigenvalue weighted by molar-refractivity contribution is 5.85. The molecule has 3 fully saturated rings. The second-order valence-electron chi connectivity index (χ2n) is 9.17. The quantitative estimate of drug-likeness (QED) is 0.699. The molecular formula is C21H27F3N4O4. The lowest BCUT2D eigenvalue weighted by Crippen LogP contribution is -2.54. The fraction of sp³-hybridized carbons (Fsp3) is 0.762. The second-order valence-corrected chi connectivity index (χ2v) is 9.17. The van der Waals surface area contributed by atoms with Crippen LogP contribution >= 0.6 is 0 Å². The van der Waals surface area contributed by atoms with Gasteiger partial charge >= 0.3 is 6.18 Å². The Morgan fingerprint density at radius 2 is 2.03 bits per heavy atom. The molecule has 176 valence electrons. The summed E-state index contributed by atoms with van der Waals surface area (Å²) < 4.78 is 53.8. The number of ketones is 1. The first-order chi connectivity index (χ1) is 15.3. The zero-order valence-corrected chi connectivity index (χ0v) is 17.6. The summed E-state index contributed by atoms with van der Waals surface area (Å²) in [5.41, 5.74) is -0.432.